The quantitative estimate of drug-likeness (QED) is 0.516. The van der Waals surface area contributed by atoms with E-state index < -0.39 is 5.54 Å². The van der Waals surface area contributed by atoms with Crippen molar-refractivity contribution >= 4 is 46.5 Å². The van der Waals surface area contributed by atoms with Crippen molar-refractivity contribution in [1.82, 2.24) is 9.80 Å². The number of urea groups is 1. The summed E-state index contributed by atoms with van der Waals surface area (Å²) in [7, 11) is 0. The molecular weight excluding hydrogens is 490 g/mol. The van der Waals surface area contributed by atoms with Crippen LogP contribution in [-0.2, 0) is 9.59 Å². The number of hydrogen-bond acceptors (Lipinski definition) is 4. The SMILES string of the molecule is O=C(CN1CN(c2ccccc2)C2(CCN(C(=O)Nc3ccccc3)CC2)C1=O)Nc1cccc(Cl)c1. The van der Waals surface area contributed by atoms with E-state index in [2.05, 4.69) is 15.5 Å². The second-order valence-electron chi connectivity index (χ2n) is 9.28. The highest BCUT2D eigenvalue weighted by molar-refractivity contribution is 6.30. The standard InChI is InChI=1S/C28H28ClN5O3/c29-21-8-7-11-23(18-21)30-25(35)19-33-20-34(24-12-5-2-6-13-24)28(26(33)36)14-16-32(17-15-28)27(37)31-22-9-3-1-4-10-22/h1-13,18H,14-17,19-20H2,(H,30,35)(H,31,37). The largest absolute Gasteiger partial charge is 0.339 e. The molecule has 4 amide bonds. The van der Waals surface area contributed by atoms with Gasteiger partial charge in [-0.2, -0.15) is 0 Å². The van der Waals surface area contributed by atoms with Gasteiger partial charge in [0.05, 0.1) is 6.67 Å². The average molecular weight is 518 g/mol. The van der Waals surface area contributed by atoms with E-state index in [9.17, 15) is 14.4 Å². The van der Waals surface area contributed by atoms with Gasteiger partial charge in [-0.3, -0.25) is 9.59 Å². The Kier molecular flexibility index (Phi) is 7.01. The third-order valence-electron chi connectivity index (χ3n) is 6.93. The highest BCUT2D eigenvalue weighted by Gasteiger charge is 2.54. The van der Waals surface area contributed by atoms with Gasteiger partial charge in [-0.25, -0.2) is 4.79 Å². The van der Waals surface area contributed by atoms with Gasteiger partial charge in [0.2, 0.25) is 5.91 Å². The van der Waals surface area contributed by atoms with E-state index in [1.54, 1.807) is 34.1 Å². The monoisotopic (exact) mass is 517 g/mol. The number of nitrogens with one attached hydrogen (secondary N) is 2. The summed E-state index contributed by atoms with van der Waals surface area (Å²) < 4.78 is 0. The zero-order valence-electron chi connectivity index (χ0n) is 20.3. The molecule has 0 atom stereocenters. The molecule has 3 aromatic carbocycles. The maximum atomic E-state index is 13.8. The number of para-hydroxylation sites is 2. The maximum absolute atomic E-state index is 13.8. The summed E-state index contributed by atoms with van der Waals surface area (Å²) in [4.78, 5) is 44.9. The Hall–Kier alpha value is -4.04. The minimum atomic E-state index is -0.818. The van der Waals surface area contributed by atoms with Crippen molar-refractivity contribution in [3.63, 3.8) is 0 Å². The number of benzene rings is 3. The van der Waals surface area contributed by atoms with Crippen LogP contribution >= 0.6 is 11.6 Å². The molecular formula is C28H28ClN5O3. The summed E-state index contributed by atoms with van der Waals surface area (Å²) in [6.07, 6.45) is 0.935. The highest BCUT2D eigenvalue weighted by Crippen LogP contribution is 2.39. The predicted molar refractivity (Wildman–Crippen MR) is 145 cm³/mol. The summed E-state index contributed by atoms with van der Waals surface area (Å²) in [5.41, 5.74) is 1.40. The first-order chi connectivity index (χ1) is 17.9. The molecule has 1 spiro atoms. The molecule has 2 N–H and O–H groups in total. The Morgan fingerprint density at radius 3 is 2.16 bits per heavy atom. The van der Waals surface area contributed by atoms with E-state index in [1.165, 1.54) is 0 Å². The van der Waals surface area contributed by atoms with E-state index in [-0.39, 0.29) is 24.4 Å². The number of carbonyl (C=O) groups is 3. The van der Waals surface area contributed by atoms with Crippen molar-refractivity contribution in [2.45, 2.75) is 18.4 Å². The summed E-state index contributed by atoms with van der Waals surface area (Å²) in [6.45, 7) is 1.07. The lowest BCUT2D eigenvalue weighted by molar-refractivity contribution is -0.136. The van der Waals surface area contributed by atoms with E-state index in [0.717, 1.165) is 11.4 Å². The molecule has 2 aliphatic heterocycles. The first-order valence-electron chi connectivity index (χ1n) is 12.2. The smallest absolute Gasteiger partial charge is 0.321 e. The number of amides is 4. The molecule has 2 aliphatic rings. The number of piperidine rings is 1. The van der Waals surface area contributed by atoms with Crippen molar-refractivity contribution in [3.05, 3.63) is 90.0 Å². The predicted octanol–water partition coefficient (Wildman–Crippen LogP) is 4.65. The highest BCUT2D eigenvalue weighted by atomic mass is 35.5. The van der Waals surface area contributed by atoms with E-state index in [4.69, 9.17) is 11.6 Å². The van der Waals surface area contributed by atoms with Crippen molar-refractivity contribution in [2.24, 2.45) is 0 Å². The molecule has 0 aromatic heterocycles. The average Bonchev–Trinajstić information content (AvgIpc) is 3.16. The third kappa shape index (κ3) is 5.24. The van der Waals surface area contributed by atoms with Crippen LogP contribution in [0, 0.1) is 0 Å². The number of halogens is 1. The normalized spacial score (nSPS) is 16.7. The van der Waals surface area contributed by atoms with Gasteiger partial charge in [0.25, 0.3) is 5.91 Å². The first-order valence-corrected chi connectivity index (χ1v) is 12.6. The summed E-state index contributed by atoms with van der Waals surface area (Å²) >= 11 is 6.03. The van der Waals surface area contributed by atoms with Gasteiger partial charge < -0.3 is 25.3 Å². The van der Waals surface area contributed by atoms with Crippen molar-refractivity contribution in [3.8, 4) is 0 Å². The topological polar surface area (TPSA) is 85.0 Å². The van der Waals surface area contributed by atoms with Gasteiger partial charge in [-0.15, -0.1) is 0 Å². The van der Waals surface area contributed by atoms with Gasteiger partial charge in [0, 0.05) is 35.2 Å². The van der Waals surface area contributed by atoms with E-state index in [1.807, 2.05) is 60.7 Å². The summed E-state index contributed by atoms with van der Waals surface area (Å²) in [6, 6.07) is 25.8. The van der Waals surface area contributed by atoms with Crippen LogP contribution < -0.4 is 15.5 Å². The molecule has 3 aromatic rings. The fraction of sp³-hybridized carbons (Fsp3) is 0.250. The van der Waals surface area contributed by atoms with Crippen LogP contribution in [0.5, 0.6) is 0 Å². The number of hydrogen-bond donors (Lipinski definition) is 2. The Labute approximate surface area is 220 Å². The van der Waals surface area contributed by atoms with E-state index >= 15 is 0 Å². The molecule has 2 fully saturated rings. The lowest BCUT2D eigenvalue weighted by Gasteiger charge is -2.43. The molecule has 5 rings (SSSR count). The lowest BCUT2D eigenvalue weighted by atomic mass is 9.85. The van der Waals surface area contributed by atoms with Gasteiger partial charge in [-0.1, -0.05) is 54.1 Å². The minimum absolute atomic E-state index is 0.0748. The molecule has 0 radical (unpaired) electrons. The third-order valence-corrected chi connectivity index (χ3v) is 7.16. The van der Waals surface area contributed by atoms with E-state index in [0.29, 0.717) is 43.3 Å². The van der Waals surface area contributed by atoms with Gasteiger partial charge in [-0.05, 0) is 55.3 Å². The Morgan fingerprint density at radius 2 is 1.49 bits per heavy atom. The number of likely N-dealkylation sites (tertiary alicyclic amines) is 1. The Bertz CT molecular complexity index is 1280. The van der Waals surface area contributed by atoms with Gasteiger partial charge in [0.1, 0.15) is 12.1 Å². The van der Waals surface area contributed by atoms with Crippen LogP contribution in [0.1, 0.15) is 12.8 Å². The zero-order chi connectivity index (χ0) is 25.8. The molecule has 37 heavy (non-hydrogen) atoms. The molecule has 0 saturated carbocycles. The molecule has 0 bridgehead atoms. The molecule has 0 aliphatic carbocycles. The molecule has 2 heterocycles. The summed E-state index contributed by atoms with van der Waals surface area (Å²) in [5, 5.41) is 6.27. The van der Waals surface area contributed by atoms with Crippen LogP contribution in [0.2, 0.25) is 5.02 Å². The number of carbonyl (C=O) groups excluding carboxylic acids is 3. The molecule has 0 unspecified atom stereocenters. The van der Waals surface area contributed by atoms with Crippen molar-refractivity contribution < 1.29 is 14.4 Å². The second kappa shape index (κ2) is 10.5. The zero-order valence-corrected chi connectivity index (χ0v) is 21.0. The lowest BCUT2D eigenvalue weighted by Crippen LogP contribution is -2.58. The molecule has 2 saturated heterocycles. The van der Waals surface area contributed by atoms with Crippen molar-refractivity contribution in [2.75, 3.05) is 41.8 Å². The van der Waals surface area contributed by atoms with Crippen LogP contribution in [0.25, 0.3) is 0 Å². The first kappa shape index (κ1) is 24.6. The van der Waals surface area contributed by atoms with Gasteiger partial charge >= 0.3 is 6.03 Å². The molecule has 190 valence electrons. The van der Waals surface area contributed by atoms with Crippen molar-refractivity contribution in [1.29, 1.82) is 0 Å². The van der Waals surface area contributed by atoms with Crippen LogP contribution in [0.3, 0.4) is 0 Å². The Morgan fingerprint density at radius 1 is 0.838 bits per heavy atom. The van der Waals surface area contributed by atoms with Crippen LogP contribution in [-0.4, -0.2) is 59.5 Å². The maximum Gasteiger partial charge on any atom is 0.321 e. The number of anilines is 3. The molecule has 8 nitrogen and oxygen atoms in total. The molecule has 9 heteroatoms. The fourth-order valence-corrected chi connectivity index (χ4v) is 5.26. The summed E-state index contributed by atoms with van der Waals surface area (Å²) in [5.74, 6) is -0.388. The number of nitrogens with zero attached hydrogens (tertiary/aromatic N) is 3. The van der Waals surface area contributed by atoms with Crippen LogP contribution in [0.4, 0.5) is 21.9 Å². The van der Waals surface area contributed by atoms with Gasteiger partial charge in [0.15, 0.2) is 0 Å². The second-order valence-corrected chi connectivity index (χ2v) is 9.72. The Balaban J connectivity index is 1.31. The number of rotatable bonds is 5. The van der Waals surface area contributed by atoms with Crippen LogP contribution in [0.15, 0.2) is 84.9 Å². The fourth-order valence-electron chi connectivity index (χ4n) is 5.07. The minimum Gasteiger partial charge on any atom is -0.339 e.